The van der Waals surface area contributed by atoms with Crippen molar-refractivity contribution in [3.63, 3.8) is 0 Å². The van der Waals surface area contributed by atoms with Gasteiger partial charge in [0.1, 0.15) is 0 Å². The molecule has 1 rings (SSSR count). The first kappa shape index (κ1) is 17.0. The summed E-state index contributed by atoms with van der Waals surface area (Å²) in [6, 6.07) is 9.70. The molecule has 0 aliphatic carbocycles. The van der Waals surface area contributed by atoms with Crippen molar-refractivity contribution >= 4 is 12.0 Å². The van der Waals surface area contributed by atoms with Crippen molar-refractivity contribution in [2.75, 3.05) is 6.54 Å². The molecule has 1 aromatic rings. The predicted octanol–water partition coefficient (Wildman–Crippen LogP) is 2.72. The van der Waals surface area contributed by atoms with Crippen LogP contribution in [0.2, 0.25) is 0 Å². The van der Waals surface area contributed by atoms with Crippen LogP contribution < -0.4 is 5.32 Å². The molecule has 0 aromatic heterocycles. The Labute approximate surface area is 126 Å². The van der Waals surface area contributed by atoms with Gasteiger partial charge in [0.05, 0.1) is 0 Å². The summed E-state index contributed by atoms with van der Waals surface area (Å²) >= 11 is 0. The first-order valence-electron chi connectivity index (χ1n) is 7.20. The number of aliphatic carboxylic acids is 1. The summed E-state index contributed by atoms with van der Waals surface area (Å²) in [6.07, 6.45) is 0.0562. The molecule has 5 nitrogen and oxygen atoms in total. The number of nitrogens with zero attached hydrogens (tertiary/aromatic N) is 1. The highest BCUT2D eigenvalue weighted by Crippen LogP contribution is 2.09. The van der Waals surface area contributed by atoms with Crippen molar-refractivity contribution in [2.24, 2.45) is 5.92 Å². The molecular formula is C16H24N2O3. The number of nitrogens with one attached hydrogen (secondary N) is 1. The SMILES string of the molecule is CC(CNC(=O)N(Cc1ccccc1)C(C)C)CC(=O)O. The molecule has 0 radical (unpaired) electrons. The Morgan fingerprint density at radius 1 is 1.19 bits per heavy atom. The molecule has 21 heavy (non-hydrogen) atoms. The number of hydrogen-bond donors (Lipinski definition) is 2. The third-order valence-corrected chi connectivity index (χ3v) is 3.20. The molecule has 116 valence electrons. The van der Waals surface area contributed by atoms with E-state index >= 15 is 0 Å². The zero-order valence-corrected chi connectivity index (χ0v) is 12.9. The van der Waals surface area contributed by atoms with Crippen LogP contribution in [0.5, 0.6) is 0 Å². The van der Waals surface area contributed by atoms with Gasteiger partial charge < -0.3 is 15.3 Å². The average Bonchev–Trinajstić information content (AvgIpc) is 2.42. The Morgan fingerprint density at radius 3 is 2.33 bits per heavy atom. The number of urea groups is 1. The number of carbonyl (C=O) groups is 2. The lowest BCUT2D eigenvalue weighted by Crippen LogP contribution is -2.44. The fourth-order valence-corrected chi connectivity index (χ4v) is 2.00. The predicted molar refractivity (Wildman–Crippen MR) is 81.9 cm³/mol. The highest BCUT2D eigenvalue weighted by Gasteiger charge is 2.18. The van der Waals surface area contributed by atoms with E-state index in [0.717, 1.165) is 5.56 Å². The number of carboxylic acids is 1. The van der Waals surface area contributed by atoms with Gasteiger partial charge in [-0.2, -0.15) is 0 Å². The Bertz CT molecular complexity index is 460. The normalized spacial score (nSPS) is 12.0. The van der Waals surface area contributed by atoms with Gasteiger partial charge in [0, 0.05) is 25.6 Å². The minimum absolute atomic E-state index is 0.0562. The molecule has 2 amide bonds. The fourth-order valence-electron chi connectivity index (χ4n) is 2.00. The van der Waals surface area contributed by atoms with Gasteiger partial charge in [-0.3, -0.25) is 4.79 Å². The van der Waals surface area contributed by atoms with Gasteiger partial charge in [0.2, 0.25) is 0 Å². The number of carboxylic acid groups (broad SMARTS) is 1. The number of hydrogen-bond acceptors (Lipinski definition) is 2. The first-order valence-corrected chi connectivity index (χ1v) is 7.20. The summed E-state index contributed by atoms with van der Waals surface area (Å²) < 4.78 is 0. The Kier molecular flexibility index (Phi) is 6.72. The molecule has 0 fully saturated rings. The molecule has 1 atom stereocenters. The molecule has 0 spiro atoms. The lowest BCUT2D eigenvalue weighted by Gasteiger charge is -2.27. The van der Waals surface area contributed by atoms with Crippen LogP contribution in [0.15, 0.2) is 30.3 Å². The second-order valence-electron chi connectivity index (χ2n) is 5.60. The molecule has 2 N–H and O–H groups in total. The zero-order valence-electron chi connectivity index (χ0n) is 12.9. The Morgan fingerprint density at radius 2 is 1.81 bits per heavy atom. The molecular weight excluding hydrogens is 268 g/mol. The van der Waals surface area contributed by atoms with Gasteiger partial charge in [0.15, 0.2) is 0 Å². The van der Waals surface area contributed by atoms with E-state index in [0.29, 0.717) is 13.1 Å². The second-order valence-corrected chi connectivity index (χ2v) is 5.60. The largest absolute Gasteiger partial charge is 0.481 e. The van der Waals surface area contributed by atoms with E-state index in [1.807, 2.05) is 51.1 Å². The fraction of sp³-hybridized carbons (Fsp3) is 0.500. The number of rotatable bonds is 7. The maximum atomic E-state index is 12.2. The van der Waals surface area contributed by atoms with Crippen molar-refractivity contribution < 1.29 is 14.7 Å². The van der Waals surface area contributed by atoms with E-state index in [-0.39, 0.29) is 24.4 Å². The minimum Gasteiger partial charge on any atom is -0.481 e. The van der Waals surface area contributed by atoms with Crippen molar-refractivity contribution in [1.82, 2.24) is 10.2 Å². The van der Waals surface area contributed by atoms with E-state index in [1.165, 1.54) is 0 Å². The van der Waals surface area contributed by atoms with Crippen molar-refractivity contribution in [1.29, 1.82) is 0 Å². The maximum Gasteiger partial charge on any atom is 0.317 e. The van der Waals surface area contributed by atoms with Crippen LogP contribution in [-0.2, 0) is 11.3 Å². The molecule has 0 aliphatic heterocycles. The number of benzene rings is 1. The van der Waals surface area contributed by atoms with E-state index in [2.05, 4.69) is 5.32 Å². The van der Waals surface area contributed by atoms with Gasteiger partial charge in [-0.25, -0.2) is 4.79 Å². The van der Waals surface area contributed by atoms with Crippen LogP contribution in [0.1, 0.15) is 32.8 Å². The lowest BCUT2D eigenvalue weighted by molar-refractivity contribution is -0.137. The quantitative estimate of drug-likeness (QED) is 0.812. The third-order valence-electron chi connectivity index (χ3n) is 3.20. The Hall–Kier alpha value is -2.04. The van der Waals surface area contributed by atoms with Crippen molar-refractivity contribution in [3.8, 4) is 0 Å². The van der Waals surface area contributed by atoms with E-state index in [4.69, 9.17) is 5.11 Å². The maximum absolute atomic E-state index is 12.2. The van der Waals surface area contributed by atoms with E-state index < -0.39 is 5.97 Å². The molecule has 0 bridgehead atoms. The topological polar surface area (TPSA) is 69.6 Å². The molecule has 0 aliphatic rings. The van der Waals surface area contributed by atoms with Gasteiger partial charge in [-0.05, 0) is 25.3 Å². The monoisotopic (exact) mass is 292 g/mol. The van der Waals surface area contributed by atoms with Gasteiger partial charge in [-0.15, -0.1) is 0 Å². The second kappa shape index (κ2) is 8.29. The third kappa shape index (κ3) is 6.29. The molecule has 0 heterocycles. The smallest absolute Gasteiger partial charge is 0.317 e. The number of amides is 2. The molecule has 0 saturated heterocycles. The summed E-state index contributed by atoms with van der Waals surface area (Å²) in [5, 5.41) is 11.5. The summed E-state index contributed by atoms with van der Waals surface area (Å²) in [5.41, 5.74) is 1.07. The average molecular weight is 292 g/mol. The van der Waals surface area contributed by atoms with Crippen LogP contribution >= 0.6 is 0 Å². The van der Waals surface area contributed by atoms with Crippen LogP contribution in [0, 0.1) is 5.92 Å². The molecule has 5 heteroatoms. The highest BCUT2D eigenvalue weighted by molar-refractivity contribution is 5.74. The van der Waals surface area contributed by atoms with Gasteiger partial charge in [-0.1, -0.05) is 37.3 Å². The number of carbonyl (C=O) groups excluding carboxylic acids is 1. The van der Waals surface area contributed by atoms with Crippen LogP contribution in [0.4, 0.5) is 4.79 Å². The summed E-state index contributed by atoms with van der Waals surface area (Å²) in [7, 11) is 0. The van der Waals surface area contributed by atoms with Crippen molar-refractivity contribution in [3.05, 3.63) is 35.9 Å². The minimum atomic E-state index is -0.846. The van der Waals surface area contributed by atoms with Crippen LogP contribution in [0.25, 0.3) is 0 Å². The molecule has 1 unspecified atom stereocenters. The zero-order chi connectivity index (χ0) is 15.8. The Balaban J connectivity index is 2.56. The highest BCUT2D eigenvalue weighted by atomic mass is 16.4. The molecule has 1 aromatic carbocycles. The lowest BCUT2D eigenvalue weighted by atomic mass is 10.1. The summed E-state index contributed by atoms with van der Waals surface area (Å²) in [5.74, 6) is -0.932. The first-order chi connectivity index (χ1) is 9.90. The van der Waals surface area contributed by atoms with Gasteiger partial charge >= 0.3 is 12.0 Å². The van der Waals surface area contributed by atoms with E-state index in [9.17, 15) is 9.59 Å². The van der Waals surface area contributed by atoms with Crippen LogP contribution in [0.3, 0.4) is 0 Å². The van der Waals surface area contributed by atoms with Crippen molar-refractivity contribution in [2.45, 2.75) is 39.8 Å². The summed E-state index contributed by atoms with van der Waals surface area (Å²) in [4.78, 5) is 24.6. The van der Waals surface area contributed by atoms with Gasteiger partial charge in [0.25, 0.3) is 0 Å². The molecule has 0 saturated carbocycles. The van der Waals surface area contributed by atoms with E-state index in [1.54, 1.807) is 4.90 Å². The standard InChI is InChI=1S/C16H24N2O3/c1-12(2)18(11-14-7-5-4-6-8-14)16(21)17-10-13(3)9-15(19)20/h4-8,12-13H,9-11H2,1-3H3,(H,17,21)(H,19,20). The van der Waals surface area contributed by atoms with Crippen LogP contribution in [-0.4, -0.2) is 34.6 Å². The summed E-state index contributed by atoms with van der Waals surface area (Å²) in [6.45, 7) is 6.64.